The number of hydrogen-bond acceptors (Lipinski definition) is 3. The van der Waals surface area contributed by atoms with Crippen LogP contribution in [0.1, 0.15) is 19.8 Å². The van der Waals surface area contributed by atoms with Crippen molar-refractivity contribution in [3.05, 3.63) is 54.1 Å². The molecule has 0 saturated heterocycles. The van der Waals surface area contributed by atoms with Crippen LogP contribution >= 0.6 is 0 Å². The zero-order chi connectivity index (χ0) is 17.4. The number of benzene rings is 2. The van der Waals surface area contributed by atoms with Crippen molar-refractivity contribution in [3.8, 4) is 11.5 Å². The van der Waals surface area contributed by atoms with Gasteiger partial charge in [0.05, 0.1) is 13.2 Å². The van der Waals surface area contributed by atoms with Crippen LogP contribution in [0.2, 0.25) is 0 Å². The number of hydrogen-bond donors (Lipinski definition) is 1. The molecule has 0 aromatic heterocycles. The highest BCUT2D eigenvalue weighted by Gasteiger charge is 2.06. The Hall–Kier alpha value is -2.63. The minimum absolute atomic E-state index is 0.218. The molecule has 2 aromatic rings. The van der Waals surface area contributed by atoms with Crippen molar-refractivity contribution in [2.24, 2.45) is 0 Å². The van der Waals surface area contributed by atoms with Gasteiger partial charge in [-0.1, -0.05) is 0 Å². The minimum Gasteiger partial charge on any atom is -0.494 e. The lowest BCUT2D eigenvalue weighted by atomic mass is 10.2. The van der Waals surface area contributed by atoms with Crippen molar-refractivity contribution < 1.29 is 23.0 Å². The second-order valence-electron chi connectivity index (χ2n) is 5.03. The van der Waals surface area contributed by atoms with Crippen molar-refractivity contribution >= 4 is 11.6 Å². The summed E-state index contributed by atoms with van der Waals surface area (Å²) in [4.78, 5) is 11.7. The normalized spacial score (nSPS) is 10.3. The summed E-state index contributed by atoms with van der Waals surface area (Å²) in [7, 11) is 0. The molecule has 0 aliphatic carbocycles. The summed E-state index contributed by atoms with van der Waals surface area (Å²) in [6, 6.07) is 10.5. The lowest BCUT2D eigenvalue weighted by molar-refractivity contribution is -0.116. The van der Waals surface area contributed by atoms with Gasteiger partial charge >= 0.3 is 0 Å². The van der Waals surface area contributed by atoms with Crippen molar-refractivity contribution in [2.75, 3.05) is 18.5 Å². The molecule has 0 bridgehead atoms. The Morgan fingerprint density at radius 1 is 1.00 bits per heavy atom. The summed E-state index contributed by atoms with van der Waals surface area (Å²) in [5, 5.41) is 2.51. The third-order valence-electron chi connectivity index (χ3n) is 3.15. The van der Waals surface area contributed by atoms with Crippen molar-refractivity contribution in [1.29, 1.82) is 0 Å². The molecular formula is C18H19F2NO3. The van der Waals surface area contributed by atoms with E-state index in [9.17, 15) is 13.6 Å². The van der Waals surface area contributed by atoms with E-state index in [1.165, 1.54) is 6.07 Å². The molecule has 1 N–H and O–H groups in total. The van der Waals surface area contributed by atoms with Crippen molar-refractivity contribution in [3.63, 3.8) is 0 Å². The van der Waals surface area contributed by atoms with Crippen LogP contribution in [0.25, 0.3) is 0 Å². The van der Waals surface area contributed by atoms with E-state index >= 15 is 0 Å². The van der Waals surface area contributed by atoms with E-state index in [2.05, 4.69) is 5.32 Å². The van der Waals surface area contributed by atoms with Crippen LogP contribution in [0.15, 0.2) is 42.5 Å². The average Bonchev–Trinajstić information content (AvgIpc) is 2.57. The fraction of sp³-hybridized carbons (Fsp3) is 0.278. The van der Waals surface area contributed by atoms with E-state index < -0.39 is 11.6 Å². The van der Waals surface area contributed by atoms with Gasteiger partial charge in [0.25, 0.3) is 0 Å². The number of rotatable bonds is 8. The third-order valence-corrected chi connectivity index (χ3v) is 3.15. The molecule has 1 amide bonds. The summed E-state index contributed by atoms with van der Waals surface area (Å²) >= 11 is 0. The van der Waals surface area contributed by atoms with Gasteiger partial charge in [-0.25, -0.2) is 8.78 Å². The maximum atomic E-state index is 13.0. The predicted octanol–water partition coefficient (Wildman–Crippen LogP) is 4.16. The van der Waals surface area contributed by atoms with Crippen LogP contribution < -0.4 is 14.8 Å². The fourth-order valence-electron chi connectivity index (χ4n) is 2.02. The number of halogens is 2. The lowest BCUT2D eigenvalue weighted by Crippen LogP contribution is -2.13. The minimum atomic E-state index is -0.994. The van der Waals surface area contributed by atoms with E-state index in [-0.39, 0.29) is 18.0 Å². The first-order valence-electron chi connectivity index (χ1n) is 7.69. The second-order valence-corrected chi connectivity index (χ2v) is 5.03. The molecule has 2 aromatic carbocycles. The first-order chi connectivity index (χ1) is 11.6. The molecule has 0 fully saturated rings. The average molecular weight is 335 g/mol. The van der Waals surface area contributed by atoms with Crippen LogP contribution in [0.5, 0.6) is 11.5 Å². The Morgan fingerprint density at radius 2 is 1.67 bits per heavy atom. The summed E-state index contributed by atoms with van der Waals surface area (Å²) in [6.45, 7) is 2.89. The monoisotopic (exact) mass is 335 g/mol. The number of ether oxygens (including phenoxy) is 2. The number of amides is 1. The Labute approximate surface area is 139 Å². The molecule has 0 aliphatic rings. The number of anilines is 1. The molecule has 0 spiro atoms. The molecule has 0 saturated carbocycles. The Bertz CT molecular complexity index is 674. The molecule has 2 rings (SSSR count). The smallest absolute Gasteiger partial charge is 0.224 e. The standard InChI is InChI=1S/C18H19F2NO3/c1-2-23-14-6-8-15(9-7-14)24-11-3-4-18(22)21-13-5-10-16(19)17(20)12-13/h5-10,12H,2-4,11H2,1H3,(H,21,22). The molecule has 0 radical (unpaired) electrons. The Kier molecular flexibility index (Phi) is 6.54. The number of carbonyl (C=O) groups excluding carboxylic acids is 1. The van der Waals surface area contributed by atoms with Gasteiger partial charge < -0.3 is 14.8 Å². The van der Waals surface area contributed by atoms with Gasteiger partial charge in [0.15, 0.2) is 11.6 Å². The van der Waals surface area contributed by atoms with Gasteiger partial charge in [-0.3, -0.25) is 4.79 Å². The second kappa shape index (κ2) is 8.86. The quantitative estimate of drug-likeness (QED) is 0.737. The van der Waals surface area contributed by atoms with Crippen molar-refractivity contribution in [2.45, 2.75) is 19.8 Å². The zero-order valence-electron chi connectivity index (χ0n) is 13.4. The summed E-state index contributed by atoms with van der Waals surface area (Å²) in [6.07, 6.45) is 0.721. The Balaban J connectivity index is 1.69. The topological polar surface area (TPSA) is 47.6 Å². The van der Waals surface area contributed by atoms with E-state index in [0.717, 1.165) is 17.9 Å². The highest BCUT2D eigenvalue weighted by molar-refractivity contribution is 5.90. The van der Waals surface area contributed by atoms with Gasteiger partial charge in [-0.05, 0) is 49.7 Å². The highest BCUT2D eigenvalue weighted by atomic mass is 19.2. The largest absolute Gasteiger partial charge is 0.494 e. The number of nitrogens with one attached hydrogen (secondary N) is 1. The zero-order valence-corrected chi connectivity index (χ0v) is 13.4. The summed E-state index contributed by atoms with van der Waals surface area (Å²) in [5.74, 6) is -0.755. The predicted molar refractivity (Wildman–Crippen MR) is 87.3 cm³/mol. The molecule has 0 aliphatic heterocycles. The van der Waals surface area contributed by atoms with Gasteiger partial charge in [-0.15, -0.1) is 0 Å². The van der Waals surface area contributed by atoms with Gasteiger partial charge in [-0.2, -0.15) is 0 Å². The Morgan fingerprint density at radius 3 is 2.29 bits per heavy atom. The SMILES string of the molecule is CCOc1ccc(OCCCC(=O)Nc2ccc(F)c(F)c2)cc1. The maximum Gasteiger partial charge on any atom is 0.224 e. The molecule has 128 valence electrons. The third kappa shape index (κ3) is 5.53. The first kappa shape index (κ1) is 17.7. The lowest BCUT2D eigenvalue weighted by Gasteiger charge is -2.08. The highest BCUT2D eigenvalue weighted by Crippen LogP contribution is 2.18. The van der Waals surface area contributed by atoms with Crippen LogP contribution in [0, 0.1) is 11.6 Å². The first-order valence-corrected chi connectivity index (χ1v) is 7.69. The molecule has 0 unspecified atom stereocenters. The molecule has 0 heterocycles. The summed E-state index contributed by atoms with van der Waals surface area (Å²) in [5.41, 5.74) is 0.228. The molecular weight excluding hydrogens is 316 g/mol. The molecule has 6 heteroatoms. The molecule has 24 heavy (non-hydrogen) atoms. The van der Waals surface area contributed by atoms with Gasteiger partial charge in [0, 0.05) is 18.2 Å². The summed E-state index contributed by atoms with van der Waals surface area (Å²) < 4.78 is 36.7. The van der Waals surface area contributed by atoms with Crippen LogP contribution in [-0.2, 0) is 4.79 Å². The van der Waals surface area contributed by atoms with Crippen LogP contribution in [-0.4, -0.2) is 19.1 Å². The van der Waals surface area contributed by atoms with E-state index in [1.54, 1.807) is 12.1 Å². The fourth-order valence-corrected chi connectivity index (χ4v) is 2.02. The van der Waals surface area contributed by atoms with E-state index in [4.69, 9.17) is 9.47 Å². The van der Waals surface area contributed by atoms with E-state index in [1.807, 2.05) is 19.1 Å². The van der Waals surface area contributed by atoms with Crippen LogP contribution in [0.4, 0.5) is 14.5 Å². The molecule has 0 atom stereocenters. The number of carbonyl (C=O) groups is 1. The van der Waals surface area contributed by atoms with Gasteiger partial charge in [0.2, 0.25) is 5.91 Å². The van der Waals surface area contributed by atoms with E-state index in [0.29, 0.717) is 25.4 Å². The maximum absolute atomic E-state index is 13.0. The van der Waals surface area contributed by atoms with Crippen LogP contribution in [0.3, 0.4) is 0 Å². The molecule has 4 nitrogen and oxygen atoms in total. The van der Waals surface area contributed by atoms with Gasteiger partial charge in [0.1, 0.15) is 11.5 Å². The van der Waals surface area contributed by atoms with Crippen molar-refractivity contribution in [1.82, 2.24) is 0 Å².